The van der Waals surface area contributed by atoms with E-state index in [2.05, 4.69) is 0 Å². The van der Waals surface area contributed by atoms with Gasteiger partial charge in [-0.2, -0.15) is 0 Å². The minimum atomic E-state index is -0.482. The molecule has 3 rings (SSSR count). The summed E-state index contributed by atoms with van der Waals surface area (Å²) in [5, 5.41) is 22.3. The topological polar surface area (TPSA) is 103 Å². The van der Waals surface area contributed by atoms with Crippen molar-refractivity contribution in [3.05, 3.63) is 91.0 Å². The first-order valence-electron chi connectivity index (χ1n) is 8.40. The van der Waals surface area contributed by atoms with Crippen molar-refractivity contribution >= 4 is 29.3 Å². The number of allylic oxidation sites excluding steroid dienone is 2. The zero-order valence-electron chi connectivity index (χ0n) is 14.3. The Morgan fingerprint density at radius 2 is 1.15 bits per heavy atom. The molecule has 27 heavy (non-hydrogen) atoms. The monoisotopic (exact) mass is 364 g/mol. The quantitative estimate of drug-likeness (QED) is 0.443. The Kier molecular flexibility index (Phi) is 5.21. The van der Waals surface area contributed by atoms with Crippen LogP contribution in [0.25, 0.3) is 12.2 Å². The van der Waals surface area contributed by atoms with Crippen LogP contribution < -0.4 is 0 Å². The molecule has 1 aliphatic rings. The van der Waals surface area contributed by atoms with Crippen molar-refractivity contribution in [1.29, 1.82) is 0 Å². The molecule has 0 saturated heterocycles. The molecule has 7 nitrogen and oxygen atoms in total. The molecule has 1 aliphatic carbocycles. The average molecular weight is 364 g/mol. The van der Waals surface area contributed by atoms with E-state index in [0.717, 1.165) is 0 Å². The fraction of sp³-hybridized carbons (Fsp3) is 0.150. The van der Waals surface area contributed by atoms with Crippen LogP contribution in [0.2, 0.25) is 0 Å². The van der Waals surface area contributed by atoms with Gasteiger partial charge in [0.05, 0.1) is 21.0 Å². The van der Waals surface area contributed by atoms with Crippen LogP contribution in [-0.2, 0) is 4.79 Å². The van der Waals surface area contributed by atoms with E-state index in [1.54, 1.807) is 48.6 Å². The normalized spacial score (nSPS) is 17.3. The minimum Gasteiger partial charge on any atom is -0.289 e. The van der Waals surface area contributed by atoms with Crippen LogP contribution in [0.4, 0.5) is 11.4 Å². The Morgan fingerprint density at radius 1 is 0.741 bits per heavy atom. The molecule has 0 unspecified atom stereocenters. The summed E-state index contributed by atoms with van der Waals surface area (Å²) in [7, 11) is 0. The van der Waals surface area contributed by atoms with Gasteiger partial charge in [-0.15, -0.1) is 0 Å². The van der Waals surface area contributed by atoms with E-state index >= 15 is 0 Å². The number of hydrogen-bond acceptors (Lipinski definition) is 5. The second-order valence-electron chi connectivity index (χ2n) is 6.15. The van der Waals surface area contributed by atoms with E-state index in [1.807, 2.05) is 0 Å². The lowest BCUT2D eigenvalue weighted by Gasteiger charge is -2.16. The molecule has 2 aromatic rings. The molecule has 0 heterocycles. The molecular formula is C20H16N2O5. The number of nitrogens with zero attached hydrogens (tertiary/aromatic N) is 2. The third-order valence-electron chi connectivity index (χ3n) is 4.40. The summed E-state index contributed by atoms with van der Waals surface area (Å²) >= 11 is 0. The largest absolute Gasteiger partial charge is 0.289 e. The highest BCUT2D eigenvalue weighted by Crippen LogP contribution is 2.31. The summed E-state index contributed by atoms with van der Waals surface area (Å²) in [4.78, 5) is 34.2. The van der Waals surface area contributed by atoms with E-state index in [4.69, 9.17) is 0 Å². The number of para-hydroxylation sites is 2. The van der Waals surface area contributed by atoms with Crippen molar-refractivity contribution < 1.29 is 14.6 Å². The van der Waals surface area contributed by atoms with Crippen LogP contribution in [0, 0.1) is 20.2 Å². The van der Waals surface area contributed by atoms with Gasteiger partial charge in [0.25, 0.3) is 11.4 Å². The maximum Gasteiger partial charge on any atom is 0.276 e. The lowest BCUT2D eigenvalue weighted by atomic mass is 9.86. The van der Waals surface area contributed by atoms with E-state index in [-0.39, 0.29) is 17.2 Å². The van der Waals surface area contributed by atoms with Gasteiger partial charge in [-0.25, -0.2) is 0 Å². The van der Waals surface area contributed by atoms with Crippen LogP contribution in [-0.4, -0.2) is 15.6 Å². The first-order chi connectivity index (χ1) is 13.0. The number of nitro benzene ring substituents is 2. The summed E-state index contributed by atoms with van der Waals surface area (Å²) in [6.07, 6.45) is 4.82. The first-order valence-corrected chi connectivity index (χ1v) is 8.40. The lowest BCUT2D eigenvalue weighted by Crippen LogP contribution is -2.12. The van der Waals surface area contributed by atoms with Gasteiger partial charge >= 0.3 is 0 Å². The number of nitro groups is 2. The standard InChI is InChI=1S/C20H16N2O5/c23-20-16(12-14-6-1-3-10-18(14)21(24)25)8-5-9-17(20)13-15-7-2-4-11-19(15)22(26)27/h1-4,6-7,10-13H,5,8-9H2/b16-12+,17-13+. The Labute approximate surface area is 154 Å². The molecule has 0 aromatic heterocycles. The molecule has 2 aromatic carbocycles. The van der Waals surface area contributed by atoms with Crippen molar-refractivity contribution in [1.82, 2.24) is 0 Å². The molecule has 1 fully saturated rings. The summed E-state index contributed by atoms with van der Waals surface area (Å²) in [6.45, 7) is 0. The van der Waals surface area contributed by atoms with Gasteiger partial charge in [-0.1, -0.05) is 24.3 Å². The zero-order chi connectivity index (χ0) is 19.4. The van der Waals surface area contributed by atoms with E-state index in [0.29, 0.717) is 41.5 Å². The predicted molar refractivity (Wildman–Crippen MR) is 101 cm³/mol. The van der Waals surface area contributed by atoms with Gasteiger partial charge in [-0.05, 0) is 43.5 Å². The molecule has 136 valence electrons. The van der Waals surface area contributed by atoms with Gasteiger partial charge < -0.3 is 0 Å². The highest BCUT2D eigenvalue weighted by Gasteiger charge is 2.23. The van der Waals surface area contributed by atoms with Gasteiger partial charge in [0.2, 0.25) is 0 Å². The highest BCUT2D eigenvalue weighted by atomic mass is 16.6. The van der Waals surface area contributed by atoms with Crippen molar-refractivity contribution in [2.24, 2.45) is 0 Å². The van der Waals surface area contributed by atoms with Crippen LogP contribution in [0.3, 0.4) is 0 Å². The third-order valence-corrected chi connectivity index (χ3v) is 4.40. The molecule has 7 heteroatoms. The Balaban J connectivity index is 1.98. The fourth-order valence-electron chi connectivity index (χ4n) is 3.11. The summed E-state index contributed by atoms with van der Waals surface area (Å²) < 4.78 is 0. The molecule has 0 spiro atoms. The highest BCUT2D eigenvalue weighted by molar-refractivity contribution is 6.14. The maximum atomic E-state index is 12.8. The molecule has 0 bridgehead atoms. The summed E-state index contributed by atoms with van der Waals surface area (Å²) in [5.74, 6) is -0.224. The summed E-state index contributed by atoms with van der Waals surface area (Å²) in [6, 6.07) is 12.5. The van der Waals surface area contributed by atoms with E-state index in [9.17, 15) is 25.0 Å². The van der Waals surface area contributed by atoms with Crippen molar-refractivity contribution in [2.75, 3.05) is 0 Å². The second-order valence-corrected chi connectivity index (χ2v) is 6.15. The van der Waals surface area contributed by atoms with Crippen LogP contribution in [0.15, 0.2) is 59.7 Å². The maximum absolute atomic E-state index is 12.8. The number of ketones is 1. The van der Waals surface area contributed by atoms with E-state index in [1.165, 1.54) is 12.1 Å². The van der Waals surface area contributed by atoms with Crippen LogP contribution in [0.5, 0.6) is 0 Å². The SMILES string of the molecule is O=C1/C(=C/c2ccccc2[N+](=O)[O-])CCC/C1=C\c1ccccc1[N+](=O)[O-]. The molecule has 0 atom stereocenters. The third kappa shape index (κ3) is 3.98. The van der Waals surface area contributed by atoms with Crippen LogP contribution in [0.1, 0.15) is 30.4 Å². The first kappa shape index (κ1) is 18.2. The van der Waals surface area contributed by atoms with Crippen molar-refractivity contribution in [2.45, 2.75) is 19.3 Å². The number of carbonyl (C=O) groups is 1. The second kappa shape index (κ2) is 7.74. The molecule has 1 saturated carbocycles. The number of benzene rings is 2. The van der Waals surface area contributed by atoms with Gasteiger partial charge in [-0.3, -0.25) is 25.0 Å². The average Bonchev–Trinajstić information content (AvgIpc) is 2.65. The Bertz CT molecular complexity index is 914. The molecular weight excluding hydrogens is 348 g/mol. The van der Waals surface area contributed by atoms with Gasteiger partial charge in [0.1, 0.15) is 0 Å². The van der Waals surface area contributed by atoms with E-state index < -0.39 is 9.85 Å². The van der Waals surface area contributed by atoms with Gasteiger partial charge in [0.15, 0.2) is 5.78 Å². The number of rotatable bonds is 4. The summed E-state index contributed by atoms with van der Waals surface area (Å²) in [5.41, 5.74) is 1.57. The molecule has 0 radical (unpaired) electrons. The fourth-order valence-corrected chi connectivity index (χ4v) is 3.11. The smallest absolute Gasteiger partial charge is 0.276 e. The van der Waals surface area contributed by atoms with Gasteiger partial charge in [0, 0.05) is 23.3 Å². The predicted octanol–water partition coefficient (Wildman–Crippen LogP) is 4.72. The Morgan fingerprint density at radius 3 is 1.56 bits per heavy atom. The van der Waals surface area contributed by atoms with Crippen molar-refractivity contribution in [3.8, 4) is 0 Å². The molecule has 0 N–H and O–H groups in total. The Hall–Kier alpha value is -3.61. The number of carbonyl (C=O) groups excluding carboxylic acids is 1. The van der Waals surface area contributed by atoms with Crippen LogP contribution >= 0.6 is 0 Å². The number of Topliss-reactive ketones (excluding diaryl/α,β-unsaturated/α-hetero) is 1. The molecule has 0 amide bonds. The molecule has 0 aliphatic heterocycles. The van der Waals surface area contributed by atoms with Crippen molar-refractivity contribution in [3.63, 3.8) is 0 Å². The minimum absolute atomic E-state index is 0.0624. The number of hydrogen-bond donors (Lipinski definition) is 0. The zero-order valence-corrected chi connectivity index (χ0v) is 14.3. The lowest BCUT2D eigenvalue weighted by molar-refractivity contribution is -0.385.